The van der Waals surface area contributed by atoms with Gasteiger partial charge in [-0.3, -0.25) is 0 Å². The molecule has 49 heavy (non-hydrogen) atoms. The van der Waals surface area contributed by atoms with E-state index in [1.807, 2.05) is 41.7 Å². The molecular formula is C41H43N2O3S3+. The first-order chi connectivity index (χ1) is 24.1. The number of hydrogen-bond donors (Lipinski definition) is 1. The highest BCUT2D eigenvalue weighted by Crippen LogP contribution is 2.42. The van der Waals surface area contributed by atoms with Crippen molar-refractivity contribution in [1.29, 1.82) is 0 Å². The molecule has 0 fully saturated rings. The molecule has 1 N–H and O–H groups in total. The first kappa shape index (κ1) is 35.0. The van der Waals surface area contributed by atoms with E-state index in [0.29, 0.717) is 4.90 Å². The van der Waals surface area contributed by atoms with Crippen LogP contribution in [0.2, 0.25) is 0 Å². The molecule has 0 saturated carbocycles. The van der Waals surface area contributed by atoms with Gasteiger partial charge in [0.15, 0.2) is 11.1 Å². The molecule has 2 aliphatic rings. The van der Waals surface area contributed by atoms with Gasteiger partial charge in [0.25, 0.3) is 0 Å². The van der Waals surface area contributed by atoms with Crippen molar-refractivity contribution in [2.45, 2.75) is 41.4 Å². The van der Waals surface area contributed by atoms with Crippen LogP contribution in [0.1, 0.15) is 26.7 Å². The zero-order chi connectivity index (χ0) is 34.0. The van der Waals surface area contributed by atoms with Crippen molar-refractivity contribution >= 4 is 51.3 Å². The van der Waals surface area contributed by atoms with Gasteiger partial charge in [0, 0.05) is 75.0 Å². The van der Waals surface area contributed by atoms with Crippen LogP contribution in [0.5, 0.6) is 0 Å². The van der Waals surface area contributed by atoms with Gasteiger partial charge in [-0.25, -0.2) is 8.78 Å². The molecule has 1 unspecified atom stereocenters. The Kier molecular flexibility index (Phi) is 12.3. The lowest BCUT2D eigenvalue weighted by atomic mass is 9.93. The quantitative estimate of drug-likeness (QED) is 0.0377. The molecule has 4 aromatic carbocycles. The fourth-order valence-corrected chi connectivity index (χ4v) is 8.51. The summed E-state index contributed by atoms with van der Waals surface area (Å²) in [5.41, 5.74) is 4.44. The zero-order valence-electron chi connectivity index (χ0n) is 28.1. The van der Waals surface area contributed by atoms with Crippen LogP contribution >= 0.6 is 23.5 Å². The smallest absolute Gasteiger partial charge is 0.203 e. The lowest BCUT2D eigenvalue weighted by Gasteiger charge is -2.24. The number of thioether (sulfide) groups is 2. The number of benzene rings is 5. The molecule has 6 rings (SSSR count). The van der Waals surface area contributed by atoms with Crippen molar-refractivity contribution < 1.29 is 13.2 Å². The molecule has 1 aliphatic carbocycles. The Morgan fingerprint density at radius 3 is 2.10 bits per heavy atom. The normalized spacial score (nSPS) is 12.7. The maximum atomic E-state index is 12.5. The van der Waals surface area contributed by atoms with E-state index in [2.05, 4.69) is 120 Å². The van der Waals surface area contributed by atoms with E-state index < -0.39 is 11.1 Å². The monoisotopic (exact) mass is 707 g/mol. The molecule has 0 bridgehead atoms. The van der Waals surface area contributed by atoms with Crippen molar-refractivity contribution in [1.82, 2.24) is 4.58 Å². The molecule has 1 heterocycles. The Balaban J connectivity index is 1.36. The average molecular weight is 708 g/mol. The Labute approximate surface area is 300 Å². The number of nitrogens with zero attached hydrogens (tertiary/aromatic N) is 2. The van der Waals surface area contributed by atoms with E-state index in [1.165, 1.54) is 9.79 Å². The third-order valence-corrected chi connectivity index (χ3v) is 11.6. The molecular weight excluding hydrogens is 665 g/mol. The van der Waals surface area contributed by atoms with Crippen molar-refractivity contribution in [3.63, 3.8) is 0 Å². The van der Waals surface area contributed by atoms with Gasteiger partial charge < -0.3 is 13.9 Å². The Morgan fingerprint density at radius 2 is 1.43 bits per heavy atom. The molecule has 252 valence electrons. The average Bonchev–Trinajstić information content (AvgIpc) is 3.14. The van der Waals surface area contributed by atoms with Crippen LogP contribution in [0.4, 0.5) is 5.69 Å². The molecule has 1 aliphatic heterocycles. The summed E-state index contributed by atoms with van der Waals surface area (Å²) in [4.78, 5) is 5.38. The maximum Gasteiger partial charge on any atom is 0.203 e. The topological polar surface area (TPSA) is 56.7 Å². The molecule has 5 nitrogen and oxygen atoms in total. The van der Waals surface area contributed by atoms with Crippen molar-refractivity contribution in [2.75, 3.05) is 42.6 Å². The summed E-state index contributed by atoms with van der Waals surface area (Å²) < 4.78 is 32.0. The number of rotatable bonds is 15. The number of hydrogen-bond acceptors (Lipinski definition) is 5. The fraction of sp³-hybridized carbons (Fsp3) is 0.244. The first-order valence-corrected chi connectivity index (χ1v) is 20.0. The van der Waals surface area contributed by atoms with Crippen LogP contribution < -0.4 is 14.8 Å². The number of fused-ring (bicyclic) bond motifs is 2. The van der Waals surface area contributed by atoms with Crippen LogP contribution in [0.15, 0.2) is 140 Å². The van der Waals surface area contributed by atoms with Crippen LogP contribution in [0.3, 0.4) is 0 Å². The summed E-state index contributed by atoms with van der Waals surface area (Å²) >= 11 is 1.64. The first-order valence-electron chi connectivity index (χ1n) is 16.9. The van der Waals surface area contributed by atoms with Crippen molar-refractivity contribution in [3.8, 4) is 22.5 Å². The van der Waals surface area contributed by atoms with E-state index in [0.717, 1.165) is 95.0 Å². The van der Waals surface area contributed by atoms with E-state index >= 15 is 0 Å². The minimum absolute atomic E-state index is 0.390. The van der Waals surface area contributed by atoms with Crippen LogP contribution in [-0.4, -0.2) is 46.4 Å². The molecule has 0 radical (unpaired) electrons. The van der Waals surface area contributed by atoms with Crippen molar-refractivity contribution in [2.24, 2.45) is 0 Å². The van der Waals surface area contributed by atoms with Gasteiger partial charge in [-0.1, -0.05) is 54.6 Å². The molecule has 8 heteroatoms. The van der Waals surface area contributed by atoms with Gasteiger partial charge in [-0.15, -0.1) is 23.5 Å². The Morgan fingerprint density at radius 1 is 0.755 bits per heavy atom. The molecule has 1 atom stereocenters. The summed E-state index contributed by atoms with van der Waals surface area (Å²) in [7, 11) is 0. The number of anilines is 1. The van der Waals surface area contributed by atoms with Crippen LogP contribution in [0, 0.1) is 0 Å². The Hall–Kier alpha value is -3.82. The van der Waals surface area contributed by atoms with Gasteiger partial charge in [0.2, 0.25) is 5.36 Å². The minimum atomic E-state index is -2.14. The molecule has 0 aromatic heterocycles. The van der Waals surface area contributed by atoms with Gasteiger partial charge >= 0.3 is 0 Å². The highest BCUT2D eigenvalue weighted by molar-refractivity contribution is 7.99. The van der Waals surface area contributed by atoms with Gasteiger partial charge in [-0.2, -0.15) is 0 Å². The van der Waals surface area contributed by atoms with Crippen molar-refractivity contribution in [3.05, 3.63) is 127 Å². The second-order valence-corrected chi connectivity index (χ2v) is 15.0. The molecule has 0 spiro atoms. The second-order valence-electron chi connectivity index (χ2n) is 11.8. The third kappa shape index (κ3) is 8.68. The van der Waals surface area contributed by atoms with Crippen LogP contribution in [-0.2, 0) is 11.1 Å². The van der Waals surface area contributed by atoms with Crippen LogP contribution in [0.25, 0.3) is 33.4 Å². The van der Waals surface area contributed by atoms with E-state index in [1.54, 1.807) is 6.07 Å². The van der Waals surface area contributed by atoms with E-state index in [9.17, 15) is 8.76 Å². The third-order valence-electron chi connectivity index (χ3n) is 8.70. The maximum absolute atomic E-state index is 12.5. The second kappa shape index (κ2) is 17.2. The van der Waals surface area contributed by atoms with Gasteiger partial charge in [0.1, 0.15) is 24.4 Å². The molecule has 0 amide bonds. The summed E-state index contributed by atoms with van der Waals surface area (Å²) in [5, 5.41) is 2.03. The van der Waals surface area contributed by atoms with Gasteiger partial charge in [0.05, 0.1) is 11.0 Å². The lowest BCUT2D eigenvalue weighted by molar-refractivity contribution is 0.564. The SMILES string of the molecule is CCN(CCCSc1ccccc1)c1ccc2c(-c3ccccc3S(=O)O)c3ccc(=[N+](CC)CCCSc4ccccc4)cc-3oc2c1. The zero-order valence-corrected chi connectivity index (χ0v) is 30.5. The predicted octanol–water partition coefficient (Wildman–Crippen LogP) is 9.77. The summed E-state index contributed by atoms with van der Waals surface area (Å²) in [5.74, 6) is 2.85. The molecule has 4 aromatic rings. The summed E-state index contributed by atoms with van der Waals surface area (Å²) in [6.45, 7) is 8.01. The largest absolute Gasteiger partial charge is 0.456 e. The molecule has 0 saturated heterocycles. The van der Waals surface area contributed by atoms with E-state index in [-0.39, 0.29) is 0 Å². The summed E-state index contributed by atoms with van der Waals surface area (Å²) in [6, 6.07) is 41.3. The lowest BCUT2D eigenvalue weighted by Crippen LogP contribution is -2.31. The van der Waals surface area contributed by atoms with E-state index in [4.69, 9.17) is 4.42 Å². The predicted molar refractivity (Wildman–Crippen MR) is 209 cm³/mol. The standard InChI is InChI=1S/C41H42N2O3S3/c1-3-42(25-13-27-47-33-15-7-5-8-16-33)31-21-23-35-38(29-31)46-39-30-32(43(4-2)26-14-28-48-34-17-9-6-10-18-34)22-24-36(39)41(35)37-19-11-12-20-40(37)49(44)45/h5-12,15-24,29-30H,3-4,13-14,25-28H2,1-2H3/p+1. The summed E-state index contributed by atoms with van der Waals surface area (Å²) in [6.07, 6.45) is 2.11. The minimum Gasteiger partial charge on any atom is -0.456 e. The highest BCUT2D eigenvalue weighted by atomic mass is 32.2. The fourth-order valence-electron chi connectivity index (χ4n) is 6.24. The van der Waals surface area contributed by atoms with Gasteiger partial charge in [-0.05, 0) is 74.6 Å². The highest BCUT2D eigenvalue weighted by Gasteiger charge is 2.22. The Bertz CT molecular complexity index is 2050.